The fourth-order valence-corrected chi connectivity index (χ4v) is 2.86. The average molecular weight is 251 g/mol. The van der Waals surface area contributed by atoms with Gasteiger partial charge in [-0.05, 0) is 12.8 Å². The Morgan fingerprint density at radius 1 is 1.47 bits per heavy atom. The molecule has 0 spiro atoms. The summed E-state index contributed by atoms with van der Waals surface area (Å²) < 4.78 is 2.08. The Balaban J connectivity index is 2.09. The maximum Gasteiger partial charge on any atom is 0.193 e. The van der Waals surface area contributed by atoms with Gasteiger partial charge in [0.1, 0.15) is 0 Å². The van der Waals surface area contributed by atoms with Crippen LogP contribution < -0.4 is 5.73 Å². The molecule has 0 fully saturated rings. The van der Waals surface area contributed by atoms with Crippen molar-refractivity contribution in [2.24, 2.45) is 5.73 Å². The van der Waals surface area contributed by atoms with Gasteiger partial charge in [0.2, 0.25) is 0 Å². The van der Waals surface area contributed by atoms with Crippen LogP contribution in [0, 0.1) is 0 Å². The Hall–Kier alpha value is -0.870. The zero-order valence-electron chi connectivity index (χ0n) is 10.6. The van der Waals surface area contributed by atoms with Crippen molar-refractivity contribution in [1.29, 1.82) is 0 Å². The number of hydrogen-bond donors (Lipinski definition) is 1. The Labute approximate surface area is 107 Å². The molecule has 0 aliphatic heterocycles. The third kappa shape index (κ3) is 2.87. The van der Waals surface area contributed by atoms with Crippen molar-refractivity contribution in [3.63, 3.8) is 0 Å². The van der Waals surface area contributed by atoms with E-state index in [0.29, 0.717) is 0 Å². The molecule has 0 aromatic carbocycles. The van der Waals surface area contributed by atoms with Crippen LogP contribution in [-0.2, 0) is 6.42 Å². The second kappa shape index (κ2) is 5.19. The smallest absolute Gasteiger partial charge is 0.193 e. The van der Waals surface area contributed by atoms with Crippen LogP contribution in [0.3, 0.4) is 0 Å². The summed E-state index contributed by atoms with van der Waals surface area (Å²) in [5.41, 5.74) is 7.50. The number of rotatable bonds is 6. The maximum atomic E-state index is 6.46. The van der Waals surface area contributed by atoms with E-state index in [1.165, 1.54) is 12.8 Å². The van der Waals surface area contributed by atoms with E-state index in [1.54, 1.807) is 11.3 Å². The minimum absolute atomic E-state index is 0.0833. The first-order chi connectivity index (χ1) is 8.17. The molecule has 0 aliphatic rings. The molecule has 1 unspecified atom stereocenters. The molecule has 1 atom stereocenters. The summed E-state index contributed by atoms with van der Waals surface area (Å²) in [5.74, 6) is 0. The van der Waals surface area contributed by atoms with Gasteiger partial charge in [-0.2, -0.15) is 0 Å². The summed E-state index contributed by atoms with van der Waals surface area (Å²) in [5, 5.41) is 2.05. The first kappa shape index (κ1) is 12.6. The van der Waals surface area contributed by atoms with Gasteiger partial charge >= 0.3 is 0 Å². The van der Waals surface area contributed by atoms with Gasteiger partial charge < -0.3 is 5.73 Å². The third-order valence-corrected chi connectivity index (χ3v) is 4.18. The van der Waals surface area contributed by atoms with E-state index in [9.17, 15) is 0 Å². The Morgan fingerprint density at radius 2 is 2.29 bits per heavy atom. The standard InChI is InChI=1S/C13H21N3S/c1-3-5-6-13(14,4-2)9-11-10-16-7-8-17-12(16)15-11/h7-8,10H,3-6,9,14H2,1-2H3. The summed E-state index contributed by atoms with van der Waals surface area (Å²) in [4.78, 5) is 5.68. The van der Waals surface area contributed by atoms with Gasteiger partial charge in [0.05, 0.1) is 5.69 Å². The van der Waals surface area contributed by atoms with Crippen molar-refractivity contribution in [1.82, 2.24) is 9.38 Å². The Bertz CT molecular complexity index is 445. The predicted molar refractivity (Wildman–Crippen MR) is 73.5 cm³/mol. The monoisotopic (exact) mass is 251 g/mol. The van der Waals surface area contributed by atoms with E-state index in [4.69, 9.17) is 5.73 Å². The minimum atomic E-state index is -0.0833. The highest BCUT2D eigenvalue weighted by Crippen LogP contribution is 2.22. The SMILES string of the molecule is CCCCC(N)(CC)Cc1cn2ccsc2n1. The summed E-state index contributed by atoms with van der Waals surface area (Å²) in [7, 11) is 0. The Morgan fingerprint density at radius 3 is 2.94 bits per heavy atom. The quantitative estimate of drug-likeness (QED) is 0.856. The molecule has 0 saturated carbocycles. The van der Waals surface area contributed by atoms with Crippen molar-refractivity contribution in [2.75, 3.05) is 0 Å². The molecule has 17 heavy (non-hydrogen) atoms. The highest BCUT2D eigenvalue weighted by Gasteiger charge is 2.23. The fourth-order valence-electron chi connectivity index (χ4n) is 2.14. The number of unbranched alkanes of at least 4 members (excludes halogenated alkanes) is 1. The summed E-state index contributed by atoms with van der Waals surface area (Å²) >= 11 is 1.67. The van der Waals surface area contributed by atoms with E-state index in [2.05, 4.69) is 34.8 Å². The van der Waals surface area contributed by atoms with Gasteiger partial charge in [-0.15, -0.1) is 11.3 Å². The normalized spacial score (nSPS) is 15.2. The molecule has 2 heterocycles. The van der Waals surface area contributed by atoms with Gasteiger partial charge in [-0.3, -0.25) is 4.40 Å². The van der Waals surface area contributed by atoms with Crippen molar-refractivity contribution in [3.05, 3.63) is 23.5 Å². The zero-order valence-corrected chi connectivity index (χ0v) is 11.5. The number of imidazole rings is 1. The highest BCUT2D eigenvalue weighted by atomic mass is 32.1. The van der Waals surface area contributed by atoms with Gasteiger partial charge in [0, 0.05) is 29.7 Å². The lowest BCUT2D eigenvalue weighted by Crippen LogP contribution is -2.41. The van der Waals surface area contributed by atoms with Crippen molar-refractivity contribution < 1.29 is 0 Å². The van der Waals surface area contributed by atoms with Crippen molar-refractivity contribution in [2.45, 2.75) is 51.5 Å². The molecule has 2 aromatic rings. The number of nitrogens with two attached hydrogens (primary N) is 1. The van der Waals surface area contributed by atoms with Crippen LogP contribution in [0.15, 0.2) is 17.8 Å². The molecular formula is C13H21N3S. The lowest BCUT2D eigenvalue weighted by molar-refractivity contribution is 0.362. The van der Waals surface area contributed by atoms with E-state index >= 15 is 0 Å². The van der Waals surface area contributed by atoms with Crippen LogP contribution in [-0.4, -0.2) is 14.9 Å². The molecule has 94 valence electrons. The molecule has 2 aromatic heterocycles. The number of nitrogens with zero attached hydrogens (tertiary/aromatic N) is 2. The van der Waals surface area contributed by atoms with Crippen LogP contribution in [0.5, 0.6) is 0 Å². The molecule has 0 saturated heterocycles. The molecule has 2 N–H and O–H groups in total. The van der Waals surface area contributed by atoms with Gasteiger partial charge in [0.15, 0.2) is 4.96 Å². The topological polar surface area (TPSA) is 43.3 Å². The van der Waals surface area contributed by atoms with E-state index in [1.807, 2.05) is 6.20 Å². The van der Waals surface area contributed by atoms with Crippen LogP contribution in [0.25, 0.3) is 4.96 Å². The second-order valence-electron chi connectivity index (χ2n) is 4.82. The third-order valence-electron chi connectivity index (χ3n) is 3.41. The first-order valence-corrected chi connectivity index (χ1v) is 7.25. The van der Waals surface area contributed by atoms with Crippen molar-refractivity contribution >= 4 is 16.3 Å². The van der Waals surface area contributed by atoms with Gasteiger partial charge in [-0.25, -0.2) is 4.98 Å². The Kier molecular flexibility index (Phi) is 3.84. The predicted octanol–water partition coefficient (Wildman–Crippen LogP) is 3.24. The van der Waals surface area contributed by atoms with Crippen LogP contribution in [0.1, 0.15) is 45.2 Å². The van der Waals surface area contributed by atoms with Crippen molar-refractivity contribution in [3.8, 4) is 0 Å². The van der Waals surface area contributed by atoms with E-state index in [-0.39, 0.29) is 5.54 Å². The maximum absolute atomic E-state index is 6.46. The number of hydrogen-bond acceptors (Lipinski definition) is 3. The summed E-state index contributed by atoms with van der Waals surface area (Å²) in [6, 6.07) is 0. The molecule has 0 aliphatic carbocycles. The lowest BCUT2D eigenvalue weighted by atomic mass is 9.86. The zero-order chi connectivity index (χ0) is 12.3. The number of thiazole rings is 1. The van der Waals surface area contributed by atoms with E-state index in [0.717, 1.165) is 29.9 Å². The van der Waals surface area contributed by atoms with Crippen LogP contribution in [0.4, 0.5) is 0 Å². The molecule has 3 nitrogen and oxygen atoms in total. The molecule has 0 amide bonds. The minimum Gasteiger partial charge on any atom is -0.325 e. The average Bonchev–Trinajstić information content (AvgIpc) is 2.87. The summed E-state index contributed by atoms with van der Waals surface area (Å²) in [6.07, 6.45) is 9.55. The van der Waals surface area contributed by atoms with Crippen LogP contribution in [0.2, 0.25) is 0 Å². The van der Waals surface area contributed by atoms with E-state index < -0.39 is 0 Å². The fraction of sp³-hybridized carbons (Fsp3) is 0.615. The molecule has 0 bridgehead atoms. The molecular weight excluding hydrogens is 230 g/mol. The summed E-state index contributed by atoms with van der Waals surface area (Å²) in [6.45, 7) is 4.39. The number of fused-ring (bicyclic) bond motifs is 1. The highest BCUT2D eigenvalue weighted by molar-refractivity contribution is 7.15. The van der Waals surface area contributed by atoms with Gasteiger partial charge in [0.25, 0.3) is 0 Å². The van der Waals surface area contributed by atoms with Crippen LogP contribution >= 0.6 is 11.3 Å². The van der Waals surface area contributed by atoms with Gasteiger partial charge in [-0.1, -0.05) is 26.7 Å². The lowest BCUT2D eigenvalue weighted by Gasteiger charge is -2.27. The largest absolute Gasteiger partial charge is 0.325 e. The first-order valence-electron chi connectivity index (χ1n) is 6.37. The molecule has 2 rings (SSSR count). The molecule has 4 heteroatoms. The second-order valence-corrected chi connectivity index (χ2v) is 5.69. The number of aromatic nitrogens is 2. The molecule has 0 radical (unpaired) electrons.